The van der Waals surface area contributed by atoms with Gasteiger partial charge in [-0.1, -0.05) is 41.9 Å². The minimum Gasteiger partial charge on any atom is -0.351 e. The van der Waals surface area contributed by atoms with Crippen molar-refractivity contribution in [1.29, 1.82) is 0 Å². The number of halogens is 1. The van der Waals surface area contributed by atoms with Crippen LogP contribution in [0.25, 0.3) is 0 Å². The van der Waals surface area contributed by atoms with Crippen LogP contribution >= 0.6 is 23.4 Å². The van der Waals surface area contributed by atoms with E-state index in [9.17, 15) is 13.2 Å². The van der Waals surface area contributed by atoms with Crippen LogP contribution in [-0.2, 0) is 21.4 Å². The number of rotatable bonds is 9. The van der Waals surface area contributed by atoms with Gasteiger partial charge in [-0.25, -0.2) is 8.42 Å². The molecule has 0 aliphatic heterocycles. The number of hydrogen-bond donors (Lipinski definition) is 2. The molecular weight excluding hydrogens is 416 g/mol. The second-order valence-corrected chi connectivity index (χ2v) is 9.61. The molecule has 8 heteroatoms. The second-order valence-electron chi connectivity index (χ2n) is 6.53. The lowest BCUT2D eigenvalue weighted by molar-refractivity contribution is -0.122. The van der Waals surface area contributed by atoms with Crippen molar-refractivity contribution in [3.8, 4) is 0 Å². The predicted molar refractivity (Wildman–Crippen MR) is 116 cm³/mol. The van der Waals surface area contributed by atoms with E-state index in [1.165, 1.54) is 0 Å². The average molecular weight is 441 g/mol. The minimum absolute atomic E-state index is 0.195. The number of benzene rings is 2. The van der Waals surface area contributed by atoms with Crippen LogP contribution in [0.4, 0.5) is 0 Å². The Labute approximate surface area is 176 Å². The SMILES string of the molecule is CSCCC(NS(=O)(=O)c1cc(C)ccc1C)C(=O)NCc1ccccc1Cl. The maximum absolute atomic E-state index is 12.9. The summed E-state index contributed by atoms with van der Waals surface area (Å²) in [5.74, 6) is 0.280. The fourth-order valence-corrected chi connectivity index (χ4v) is 4.91. The molecule has 0 saturated carbocycles. The van der Waals surface area contributed by atoms with E-state index in [1.807, 2.05) is 37.4 Å². The van der Waals surface area contributed by atoms with Gasteiger partial charge < -0.3 is 5.32 Å². The van der Waals surface area contributed by atoms with E-state index in [-0.39, 0.29) is 17.3 Å². The van der Waals surface area contributed by atoms with E-state index in [0.717, 1.165) is 11.1 Å². The molecule has 5 nitrogen and oxygen atoms in total. The molecule has 1 atom stereocenters. The molecule has 0 radical (unpaired) electrons. The van der Waals surface area contributed by atoms with Crippen LogP contribution in [0.5, 0.6) is 0 Å². The van der Waals surface area contributed by atoms with Gasteiger partial charge in [0.05, 0.1) is 4.90 Å². The van der Waals surface area contributed by atoms with Crippen molar-refractivity contribution in [2.75, 3.05) is 12.0 Å². The third-order valence-corrected chi connectivity index (χ3v) is 6.89. The lowest BCUT2D eigenvalue weighted by atomic mass is 10.2. The topological polar surface area (TPSA) is 75.3 Å². The Morgan fingerprint density at radius 1 is 1.18 bits per heavy atom. The smallest absolute Gasteiger partial charge is 0.241 e. The first-order valence-corrected chi connectivity index (χ1v) is 12.1. The number of nitrogens with one attached hydrogen (secondary N) is 2. The summed E-state index contributed by atoms with van der Waals surface area (Å²) in [6.45, 7) is 3.81. The van der Waals surface area contributed by atoms with Crippen molar-refractivity contribution < 1.29 is 13.2 Å². The predicted octanol–water partition coefficient (Wildman–Crippen LogP) is 3.67. The second kappa shape index (κ2) is 10.3. The van der Waals surface area contributed by atoms with Gasteiger partial charge in [0.15, 0.2) is 0 Å². The molecular formula is C20H25ClN2O3S2. The van der Waals surface area contributed by atoms with Crippen molar-refractivity contribution in [2.45, 2.75) is 37.8 Å². The molecule has 0 aromatic heterocycles. The van der Waals surface area contributed by atoms with Crippen molar-refractivity contribution >= 4 is 39.3 Å². The maximum atomic E-state index is 12.9. The van der Waals surface area contributed by atoms with E-state index in [2.05, 4.69) is 10.0 Å². The fraction of sp³-hybridized carbons (Fsp3) is 0.350. The van der Waals surface area contributed by atoms with E-state index in [4.69, 9.17) is 11.6 Å². The number of hydrogen-bond acceptors (Lipinski definition) is 4. The van der Waals surface area contributed by atoms with E-state index >= 15 is 0 Å². The summed E-state index contributed by atoms with van der Waals surface area (Å²) >= 11 is 7.68. The van der Waals surface area contributed by atoms with Gasteiger partial charge in [0, 0.05) is 11.6 Å². The molecule has 0 heterocycles. The van der Waals surface area contributed by atoms with E-state index < -0.39 is 16.1 Å². The Morgan fingerprint density at radius 3 is 2.57 bits per heavy atom. The van der Waals surface area contributed by atoms with Crippen LogP contribution in [0.15, 0.2) is 47.4 Å². The maximum Gasteiger partial charge on any atom is 0.241 e. The highest BCUT2D eigenvalue weighted by Gasteiger charge is 2.26. The Morgan fingerprint density at radius 2 is 1.89 bits per heavy atom. The van der Waals surface area contributed by atoms with Crippen LogP contribution in [0.2, 0.25) is 5.02 Å². The molecule has 0 aliphatic carbocycles. The van der Waals surface area contributed by atoms with Gasteiger partial charge in [0.1, 0.15) is 6.04 Å². The van der Waals surface area contributed by atoms with Gasteiger partial charge in [-0.15, -0.1) is 0 Å². The molecule has 0 saturated heterocycles. The highest BCUT2D eigenvalue weighted by molar-refractivity contribution is 7.98. The van der Waals surface area contributed by atoms with Gasteiger partial charge >= 0.3 is 0 Å². The zero-order chi connectivity index (χ0) is 20.7. The van der Waals surface area contributed by atoms with Crippen molar-refractivity contribution in [3.63, 3.8) is 0 Å². The summed E-state index contributed by atoms with van der Waals surface area (Å²) in [6.07, 6.45) is 2.30. The average Bonchev–Trinajstić information content (AvgIpc) is 2.66. The molecule has 1 unspecified atom stereocenters. The van der Waals surface area contributed by atoms with Gasteiger partial charge in [-0.05, 0) is 61.1 Å². The Hall–Kier alpha value is -1.54. The summed E-state index contributed by atoms with van der Waals surface area (Å²) < 4.78 is 28.4. The number of aryl methyl sites for hydroxylation is 2. The van der Waals surface area contributed by atoms with Gasteiger partial charge in [0.2, 0.25) is 15.9 Å². The van der Waals surface area contributed by atoms with Crippen LogP contribution in [-0.4, -0.2) is 32.4 Å². The minimum atomic E-state index is -3.83. The summed E-state index contributed by atoms with van der Waals surface area (Å²) in [4.78, 5) is 12.9. The van der Waals surface area contributed by atoms with Crippen LogP contribution in [0.1, 0.15) is 23.1 Å². The first-order valence-electron chi connectivity index (χ1n) is 8.84. The summed E-state index contributed by atoms with van der Waals surface area (Å²) in [5, 5.41) is 3.34. The normalized spacial score (nSPS) is 12.6. The monoisotopic (exact) mass is 440 g/mol. The van der Waals surface area contributed by atoms with Gasteiger partial charge in [-0.3, -0.25) is 4.79 Å². The number of amides is 1. The van der Waals surface area contributed by atoms with Gasteiger partial charge in [-0.2, -0.15) is 16.5 Å². The molecule has 1 amide bonds. The molecule has 0 bridgehead atoms. The largest absolute Gasteiger partial charge is 0.351 e. The molecule has 2 rings (SSSR count). The lowest BCUT2D eigenvalue weighted by Crippen LogP contribution is -2.46. The summed E-state index contributed by atoms with van der Waals surface area (Å²) in [7, 11) is -3.83. The molecule has 0 spiro atoms. The zero-order valence-corrected chi connectivity index (χ0v) is 18.5. The third-order valence-electron chi connectivity index (χ3n) is 4.27. The first-order chi connectivity index (χ1) is 13.2. The molecule has 2 aromatic rings. The number of carbonyl (C=O) groups excluding carboxylic acids is 1. The first kappa shape index (κ1) is 22.7. The summed E-state index contributed by atoms with van der Waals surface area (Å²) in [6, 6.07) is 11.6. The number of sulfonamides is 1. The van der Waals surface area contributed by atoms with Crippen molar-refractivity contribution in [2.24, 2.45) is 0 Å². The van der Waals surface area contributed by atoms with E-state index in [0.29, 0.717) is 22.8 Å². The molecule has 0 fully saturated rings. The van der Waals surface area contributed by atoms with Crippen molar-refractivity contribution in [1.82, 2.24) is 10.0 Å². The van der Waals surface area contributed by atoms with Crippen molar-refractivity contribution in [3.05, 3.63) is 64.2 Å². The summed E-state index contributed by atoms with van der Waals surface area (Å²) in [5.41, 5.74) is 2.26. The quantitative estimate of drug-likeness (QED) is 0.623. The third kappa shape index (κ3) is 6.24. The fourth-order valence-electron chi connectivity index (χ4n) is 2.67. The lowest BCUT2D eigenvalue weighted by Gasteiger charge is -2.19. The van der Waals surface area contributed by atoms with Gasteiger partial charge in [0.25, 0.3) is 0 Å². The molecule has 2 N–H and O–H groups in total. The highest BCUT2D eigenvalue weighted by Crippen LogP contribution is 2.18. The highest BCUT2D eigenvalue weighted by atomic mass is 35.5. The molecule has 2 aromatic carbocycles. The standard InChI is InChI=1S/C20H25ClN2O3S2/c1-14-8-9-15(2)19(12-14)28(25,26)23-18(10-11-27-3)20(24)22-13-16-6-4-5-7-17(16)21/h4-9,12,18,23H,10-11,13H2,1-3H3,(H,22,24). The number of carbonyl (C=O) groups is 1. The Bertz CT molecular complexity index is 933. The Balaban J connectivity index is 2.16. The molecule has 0 aliphatic rings. The van der Waals surface area contributed by atoms with Crippen LogP contribution in [0.3, 0.4) is 0 Å². The number of thioether (sulfide) groups is 1. The van der Waals surface area contributed by atoms with Crippen LogP contribution in [0, 0.1) is 13.8 Å². The molecule has 152 valence electrons. The van der Waals surface area contributed by atoms with E-state index in [1.54, 1.807) is 36.9 Å². The van der Waals surface area contributed by atoms with Crippen LogP contribution < -0.4 is 10.0 Å². The molecule has 28 heavy (non-hydrogen) atoms. The zero-order valence-electron chi connectivity index (χ0n) is 16.2. The Kier molecular flexibility index (Phi) is 8.37.